The van der Waals surface area contributed by atoms with Gasteiger partial charge >= 0.3 is 0 Å². The third-order valence-corrected chi connectivity index (χ3v) is 4.11. The molecule has 0 saturated carbocycles. The third-order valence-electron chi connectivity index (χ3n) is 3.88. The van der Waals surface area contributed by atoms with Crippen LogP contribution in [0.2, 0.25) is 5.02 Å². The molecule has 4 nitrogen and oxygen atoms in total. The van der Waals surface area contributed by atoms with Gasteiger partial charge in [-0.2, -0.15) is 0 Å². The molecule has 6 heteroatoms. The lowest BCUT2D eigenvalue weighted by atomic mass is 10.1. The summed E-state index contributed by atoms with van der Waals surface area (Å²) in [5, 5.41) is 5.51. The van der Waals surface area contributed by atoms with Gasteiger partial charge in [0.1, 0.15) is 5.82 Å². The minimum Gasteiger partial charge on any atom is -0.321 e. The molecule has 0 aliphatic rings. The Hall–Kier alpha value is -3.18. The fourth-order valence-corrected chi connectivity index (χ4v) is 2.73. The van der Waals surface area contributed by atoms with Gasteiger partial charge in [0, 0.05) is 10.6 Å². The molecule has 0 atom stereocenters. The molecular formula is C21H16ClFN2O2. The van der Waals surface area contributed by atoms with Crippen molar-refractivity contribution in [3.8, 4) is 0 Å². The largest absolute Gasteiger partial charge is 0.321 e. The first-order valence-corrected chi connectivity index (χ1v) is 8.55. The van der Waals surface area contributed by atoms with Gasteiger partial charge in [0.05, 0.1) is 16.9 Å². The van der Waals surface area contributed by atoms with Crippen LogP contribution in [0.5, 0.6) is 0 Å². The molecule has 3 rings (SSSR count). The Labute approximate surface area is 161 Å². The zero-order chi connectivity index (χ0) is 19.4. The van der Waals surface area contributed by atoms with Gasteiger partial charge in [-0.1, -0.05) is 41.4 Å². The monoisotopic (exact) mass is 382 g/mol. The Balaban J connectivity index is 1.84. The molecule has 0 spiro atoms. The number of carbonyl (C=O) groups is 2. The summed E-state index contributed by atoms with van der Waals surface area (Å²) in [6, 6.07) is 17.5. The van der Waals surface area contributed by atoms with Crippen LogP contribution < -0.4 is 10.6 Å². The normalized spacial score (nSPS) is 10.3. The lowest BCUT2D eigenvalue weighted by Gasteiger charge is -2.12. The van der Waals surface area contributed by atoms with E-state index in [9.17, 15) is 14.0 Å². The summed E-state index contributed by atoms with van der Waals surface area (Å²) in [5.74, 6) is -1.50. The highest BCUT2D eigenvalue weighted by Gasteiger charge is 2.16. The topological polar surface area (TPSA) is 58.2 Å². The second kappa shape index (κ2) is 8.01. The van der Waals surface area contributed by atoms with E-state index in [1.165, 1.54) is 18.2 Å². The number of benzene rings is 3. The van der Waals surface area contributed by atoms with Crippen LogP contribution in [0.4, 0.5) is 15.8 Å². The molecule has 0 aromatic heterocycles. The third kappa shape index (κ3) is 4.51. The highest BCUT2D eigenvalue weighted by molar-refractivity contribution is 6.31. The first-order chi connectivity index (χ1) is 12.9. The minimum absolute atomic E-state index is 0.0349. The summed E-state index contributed by atoms with van der Waals surface area (Å²) < 4.78 is 13.9. The molecule has 3 aromatic carbocycles. The number of halogens is 2. The van der Waals surface area contributed by atoms with Gasteiger partial charge in [-0.05, 0) is 49.4 Å². The molecule has 0 unspecified atom stereocenters. The van der Waals surface area contributed by atoms with Crippen LogP contribution in [0.25, 0.3) is 0 Å². The lowest BCUT2D eigenvalue weighted by Crippen LogP contribution is -2.18. The van der Waals surface area contributed by atoms with Crippen molar-refractivity contribution in [1.82, 2.24) is 0 Å². The van der Waals surface area contributed by atoms with Crippen LogP contribution in [-0.2, 0) is 0 Å². The van der Waals surface area contributed by atoms with Crippen LogP contribution in [0.3, 0.4) is 0 Å². The number of anilines is 2. The Kier molecular flexibility index (Phi) is 5.52. The van der Waals surface area contributed by atoms with Crippen molar-refractivity contribution < 1.29 is 14.0 Å². The molecule has 3 aromatic rings. The van der Waals surface area contributed by atoms with E-state index in [0.29, 0.717) is 16.3 Å². The van der Waals surface area contributed by atoms with Crippen LogP contribution in [0, 0.1) is 12.7 Å². The summed E-state index contributed by atoms with van der Waals surface area (Å²) in [6.07, 6.45) is 0. The second-order valence-corrected chi connectivity index (χ2v) is 6.38. The number of hydrogen-bond donors (Lipinski definition) is 2. The van der Waals surface area contributed by atoms with Gasteiger partial charge in [-0.15, -0.1) is 0 Å². The number of nitrogens with one attached hydrogen (secondary N) is 2. The zero-order valence-corrected chi connectivity index (χ0v) is 15.2. The predicted molar refractivity (Wildman–Crippen MR) is 105 cm³/mol. The Morgan fingerprint density at radius 1 is 0.852 bits per heavy atom. The van der Waals surface area contributed by atoms with Crippen molar-refractivity contribution in [2.45, 2.75) is 6.92 Å². The average molecular weight is 383 g/mol. The first-order valence-electron chi connectivity index (χ1n) is 8.17. The number of amides is 2. The van der Waals surface area contributed by atoms with Crippen molar-refractivity contribution in [1.29, 1.82) is 0 Å². The molecule has 0 fully saturated rings. The molecular weight excluding hydrogens is 367 g/mol. The standard InChI is InChI=1S/C21H16ClFN2O2/c1-13-5-4-6-14(11-13)20(26)24-18-8-3-2-7-16(18)21(27)25-19-12-15(22)9-10-17(19)23/h2-12H,1H3,(H,24,26)(H,25,27). The van der Waals surface area contributed by atoms with E-state index in [1.54, 1.807) is 42.5 Å². The Morgan fingerprint density at radius 3 is 2.37 bits per heavy atom. The molecule has 0 aliphatic heterocycles. The van der Waals surface area contributed by atoms with Gasteiger partial charge in [0.2, 0.25) is 0 Å². The maximum atomic E-state index is 13.9. The van der Waals surface area contributed by atoms with Gasteiger partial charge < -0.3 is 10.6 Å². The van der Waals surface area contributed by atoms with Crippen molar-refractivity contribution in [2.24, 2.45) is 0 Å². The molecule has 136 valence electrons. The highest BCUT2D eigenvalue weighted by Crippen LogP contribution is 2.22. The van der Waals surface area contributed by atoms with Crippen molar-refractivity contribution >= 4 is 34.8 Å². The summed E-state index contributed by atoms with van der Waals surface area (Å²) >= 11 is 5.85. The van der Waals surface area contributed by atoms with Crippen molar-refractivity contribution in [3.05, 3.63) is 94.3 Å². The highest BCUT2D eigenvalue weighted by atomic mass is 35.5. The predicted octanol–water partition coefficient (Wildman–Crippen LogP) is 5.29. The minimum atomic E-state index is -0.603. The SMILES string of the molecule is Cc1cccc(C(=O)Nc2ccccc2C(=O)Nc2cc(Cl)ccc2F)c1. The number of para-hydroxylation sites is 1. The second-order valence-electron chi connectivity index (χ2n) is 5.95. The molecule has 2 amide bonds. The molecule has 0 bridgehead atoms. The zero-order valence-electron chi connectivity index (χ0n) is 14.4. The maximum absolute atomic E-state index is 13.9. The van der Waals surface area contributed by atoms with E-state index >= 15 is 0 Å². The number of hydrogen-bond acceptors (Lipinski definition) is 2. The van der Waals surface area contributed by atoms with E-state index in [1.807, 2.05) is 13.0 Å². The van der Waals surface area contributed by atoms with Gasteiger partial charge in [-0.3, -0.25) is 9.59 Å². The fourth-order valence-electron chi connectivity index (χ4n) is 2.55. The Bertz CT molecular complexity index is 1020. The molecule has 27 heavy (non-hydrogen) atoms. The summed E-state index contributed by atoms with van der Waals surface area (Å²) in [6.45, 7) is 1.89. The average Bonchev–Trinajstić information content (AvgIpc) is 2.65. The maximum Gasteiger partial charge on any atom is 0.257 e. The Morgan fingerprint density at radius 2 is 1.59 bits per heavy atom. The molecule has 0 radical (unpaired) electrons. The van der Waals surface area contributed by atoms with E-state index in [2.05, 4.69) is 10.6 Å². The summed E-state index contributed by atoms with van der Waals surface area (Å²) in [5.41, 5.74) is 1.92. The number of aryl methyl sites for hydroxylation is 1. The van der Waals surface area contributed by atoms with E-state index in [0.717, 1.165) is 5.56 Å². The van der Waals surface area contributed by atoms with Crippen LogP contribution >= 0.6 is 11.6 Å². The van der Waals surface area contributed by atoms with Crippen LogP contribution in [-0.4, -0.2) is 11.8 Å². The van der Waals surface area contributed by atoms with Crippen molar-refractivity contribution in [2.75, 3.05) is 10.6 Å². The molecule has 0 saturated heterocycles. The van der Waals surface area contributed by atoms with Gasteiger partial charge in [0.25, 0.3) is 11.8 Å². The molecule has 2 N–H and O–H groups in total. The first kappa shape index (κ1) is 18.6. The van der Waals surface area contributed by atoms with E-state index in [-0.39, 0.29) is 17.2 Å². The summed E-state index contributed by atoms with van der Waals surface area (Å²) in [4.78, 5) is 25.1. The van der Waals surface area contributed by atoms with Crippen LogP contribution in [0.1, 0.15) is 26.3 Å². The summed E-state index contributed by atoms with van der Waals surface area (Å²) in [7, 11) is 0. The molecule has 0 aliphatic carbocycles. The van der Waals surface area contributed by atoms with E-state index < -0.39 is 11.7 Å². The van der Waals surface area contributed by atoms with Gasteiger partial charge in [0.15, 0.2) is 0 Å². The van der Waals surface area contributed by atoms with Crippen LogP contribution in [0.15, 0.2) is 66.7 Å². The smallest absolute Gasteiger partial charge is 0.257 e. The molecule has 0 heterocycles. The van der Waals surface area contributed by atoms with Crippen molar-refractivity contribution in [3.63, 3.8) is 0 Å². The van der Waals surface area contributed by atoms with E-state index in [4.69, 9.17) is 11.6 Å². The number of rotatable bonds is 4. The van der Waals surface area contributed by atoms with Gasteiger partial charge in [-0.25, -0.2) is 4.39 Å². The number of carbonyl (C=O) groups excluding carboxylic acids is 2. The fraction of sp³-hybridized carbons (Fsp3) is 0.0476. The lowest BCUT2D eigenvalue weighted by molar-refractivity contribution is 0.102. The quantitative estimate of drug-likeness (QED) is 0.644.